The molecule has 0 unspecified atom stereocenters. The van der Waals surface area contributed by atoms with Crippen molar-refractivity contribution >= 4 is 22.5 Å². The van der Waals surface area contributed by atoms with E-state index >= 15 is 0 Å². The highest BCUT2D eigenvalue weighted by atomic mass is 35.5. The van der Waals surface area contributed by atoms with Crippen LogP contribution < -0.4 is 5.43 Å². The number of aryl methyl sites for hydroxylation is 2. The molecule has 0 fully saturated rings. The number of fused-ring (bicyclic) bond motifs is 2. The van der Waals surface area contributed by atoms with Crippen molar-refractivity contribution in [3.05, 3.63) is 44.2 Å². The van der Waals surface area contributed by atoms with Crippen LogP contribution in [0.15, 0.2) is 16.9 Å². The highest BCUT2D eigenvalue weighted by molar-refractivity contribution is 6.35. The molecule has 1 aromatic carbocycles. The van der Waals surface area contributed by atoms with Crippen molar-refractivity contribution < 1.29 is 0 Å². The van der Waals surface area contributed by atoms with Gasteiger partial charge in [0, 0.05) is 16.6 Å². The van der Waals surface area contributed by atoms with Crippen molar-refractivity contribution in [3.63, 3.8) is 0 Å². The summed E-state index contributed by atoms with van der Waals surface area (Å²) in [4.78, 5) is 15.9. The van der Waals surface area contributed by atoms with Gasteiger partial charge in [0.2, 0.25) is 0 Å². The van der Waals surface area contributed by atoms with Crippen molar-refractivity contribution in [2.75, 3.05) is 0 Å². The highest BCUT2D eigenvalue weighted by Gasteiger charge is 2.15. The number of rotatable bonds is 0. The molecule has 1 heterocycles. The van der Waals surface area contributed by atoms with Crippen LogP contribution in [0.25, 0.3) is 10.9 Å². The van der Waals surface area contributed by atoms with Crippen LogP contribution in [-0.2, 0) is 12.8 Å². The Labute approximate surface area is 111 Å². The molecule has 3 heteroatoms. The van der Waals surface area contributed by atoms with E-state index in [1.807, 2.05) is 19.1 Å². The van der Waals surface area contributed by atoms with Gasteiger partial charge in [0.1, 0.15) is 0 Å². The summed E-state index contributed by atoms with van der Waals surface area (Å²) in [6, 6.07) is 3.84. The largest absolute Gasteiger partial charge is 0.357 e. The zero-order chi connectivity index (χ0) is 12.7. The Kier molecular flexibility index (Phi) is 2.90. The number of benzene rings is 1. The predicted molar refractivity (Wildman–Crippen MR) is 75.6 cm³/mol. The number of hydrogen-bond donors (Lipinski definition) is 1. The standard InChI is InChI=1S/C15H16ClNO/c1-9-7-11-14(12(16)8-9)17-13-6-4-2-3-5-10(13)15(11)18/h7-8H,2-6H2,1H3,(H,17,18). The predicted octanol–water partition coefficient (Wildman–Crippen LogP) is 3.76. The second-order valence-electron chi connectivity index (χ2n) is 5.14. The second-order valence-corrected chi connectivity index (χ2v) is 5.55. The maximum absolute atomic E-state index is 12.6. The van der Waals surface area contributed by atoms with Gasteiger partial charge in [-0.15, -0.1) is 0 Å². The van der Waals surface area contributed by atoms with E-state index in [1.54, 1.807) is 0 Å². The topological polar surface area (TPSA) is 32.9 Å². The third kappa shape index (κ3) is 1.85. The Hall–Kier alpha value is -1.28. The summed E-state index contributed by atoms with van der Waals surface area (Å²) in [7, 11) is 0. The number of H-pyrrole nitrogens is 1. The summed E-state index contributed by atoms with van der Waals surface area (Å²) in [5.41, 5.74) is 4.07. The first-order chi connectivity index (χ1) is 8.66. The fraction of sp³-hybridized carbons (Fsp3) is 0.400. The Balaban J connectivity index is 2.38. The molecule has 94 valence electrons. The minimum atomic E-state index is 0.172. The molecule has 3 rings (SSSR count). The fourth-order valence-corrected chi connectivity index (χ4v) is 3.15. The van der Waals surface area contributed by atoms with E-state index in [4.69, 9.17) is 11.6 Å². The molecular weight excluding hydrogens is 246 g/mol. The van der Waals surface area contributed by atoms with Crippen LogP contribution in [0.3, 0.4) is 0 Å². The van der Waals surface area contributed by atoms with Crippen molar-refractivity contribution in [1.82, 2.24) is 4.98 Å². The summed E-state index contributed by atoms with van der Waals surface area (Å²) < 4.78 is 0. The van der Waals surface area contributed by atoms with E-state index in [9.17, 15) is 4.79 Å². The lowest BCUT2D eigenvalue weighted by Gasteiger charge is -2.10. The molecule has 0 aliphatic heterocycles. The fourth-order valence-electron chi connectivity index (χ4n) is 2.83. The molecule has 0 amide bonds. The molecule has 0 spiro atoms. The lowest BCUT2D eigenvalue weighted by atomic mass is 10.0. The van der Waals surface area contributed by atoms with E-state index in [0.29, 0.717) is 5.02 Å². The van der Waals surface area contributed by atoms with Crippen LogP contribution in [0.2, 0.25) is 5.02 Å². The summed E-state index contributed by atoms with van der Waals surface area (Å²) in [5.74, 6) is 0. The Morgan fingerprint density at radius 3 is 2.78 bits per heavy atom. The molecule has 0 saturated heterocycles. The number of nitrogens with one attached hydrogen (secondary N) is 1. The second kappa shape index (κ2) is 4.43. The molecule has 2 nitrogen and oxygen atoms in total. The van der Waals surface area contributed by atoms with E-state index < -0.39 is 0 Å². The van der Waals surface area contributed by atoms with Crippen molar-refractivity contribution in [1.29, 1.82) is 0 Å². The summed E-state index contributed by atoms with van der Waals surface area (Å²) in [6.45, 7) is 1.97. The molecule has 1 aromatic heterocycles. The molecule has 1 aliphatic rings. The molecule has 1 N–H and O–H groups in total. The van der Waals surface area contributed by atoms with Crippen LogP contribution in [0.4, 0.5) is 0 Å². The number of pyridine rings is 1. The van der Waals surface area contributed by atoms with Gasteiger partial charge in [-0.1, -0.05) is 18.0 Å². The van der Waals surface area contributed by atoms with E-state index in [2.05, 4.69) is 4.98 Å². The molecule has 18 heavy (non-hydrogen) atoms. The first-order valence-electron chi connectivity index (χ1n) is 6.50. The third-order valence-corrected chi connectivity index (χ3v) is 4.05. The molecule has 2 aromatic rings. The monoisotopic (exact) mass is 261 g/mol. The first kappa shape index (κ1) is 11.8. The number of aromatic amines is 1. The van der Waals surface area contributed by atoms with Crippen molar-refractivity contribution in [2.24, 2.45) is 0 Å². The number of hydrogen-bond acceptors (Lipinski definition) is 1. The van der Waals surface area contributed by atoms with Gasteiger partial charge in [0.05, 0.1) is 10.5 Å². The maximum atomic E-state index is 12.6. The minimum absolute atomic E-state index is 0.172. The highest BCUT2D eigenvalue weighted by Crippen LogP contribution is 2.25. The summed E-state index contributed by atoms with van der Waals surface area (Å²) in [6.07, 6.45) is 5.32. The Morgan fingerprint density at radius 2 is 1.94 bits per heavy atom. The van der Waals surface area contributed by atoms with E-state index in [1.165, 1.54) is 6.42 Å². The lowest BCUT2D eigenvalue weighted by molar-refractivity contribution is 0.708. The van der Waals surface area contributed by atoms with E-state index in [0.717, 1.165) is 53.4 Å². The zero-order valence-electron chi connectivity index (χ0n) is 10.5. The van der Waals surface area contributed by atoms with E-state index in [-0.39, 0.29) is 5.43 Å². The number of aromatic nitrogens is 1. The smallest absolute Gasteiger partial charge is 0.192 e. The van der Waals surface area contributed by atoms with Gasteiger partial charge in [-0.25, -0.2) is 0 Å². The average molecular weight is 262 g/mol. The summed E-state index contributed by atoms with van der Waals surface area (Å²) >= 11 is 6.25. The summed E-state index contributed by atoms with van der Waals surface area (Å²) in [5, 5.41) is 1.38. The molecule has 0 bridgehead atoms. The van der Waals surface area contributed by atoms with Gasteiger partial charge in [0.25, 0.3) is 0 Å². The molecule has 1 aliphatic carbocycles. The molecule has 0 saturated carbocycles. The van der Waals surface area contributed by atoms with Gasteiger partial charge >= 0.3 is 0 Å². The van der Waals surface area contributed by atoms with Crippen LogP contribution in [0.1, 0.15) is 36.1 Å². The number of halogens is 1. The Morgan fingerprint density at radius 1 is 1.17 bits per heavy atom. The van der Waals surface area contributed by atoms with Gasteiger partial charge in [0.15, 0.2) is 5.43 Å². The van der Waals surface area contributed by atoms with Crippen LogP contribution in [0, 0.1) is 6.92 Å². The van der Waals surface area contributed by atoms with Crippen molar-refractivity contribution in [2.45, 2.75) is 39.0 Å². The zero-order valence-corrected chi connectivity index (χ0v) is 11.2. The normalized spacial score (nSPS) is 15.4. The van der Waals surface area contributed by atoms with Gasteiger partial charge in [-0.05, 0) is 50.3 Å². The lowest BCUT2D eigenvalue weighted by Crippen LogP contribution is -2.14. The SMILES string of the molecule is Cc1cc(Cl)c2[nH]c3c(c(=O)c2c1)CCCCC3. The average Bonchev–Trinajstić information content (AvgIpc) is 2.56. The van der Waals surface area contributed by atoms with Crippen molar-refractivity contribution in [3.8, 4) is 0 Å². The van der Waals surface area contributed by atoms with Gasteiger partial charge < -0.3 is 4.98 Å². The molecular formula is C15H16ClNO. The van der Waals surface area contributed by atoms with Gasteiger partial charge in [-0.2, -0.15) is 0 Å². The van der Waals surface area contributed by atoms with Crippen LogP contribution >= 0.6 is 11.6 Å². The van der Waals surface area contributed by atoms with Crippen LogP contribution in [0.5, 0.6) is 0 Å². The van der Waals surface area contributed by atoms with Crippen LogP contribution in [-0.4, -0.2) is 4.98 Å². The first-order valence-corrected chi connectivity index (χ1v) is 6.88. The maximum Gasteiger partial charge on any atom is 0.192 e. The molecule has 0 atom stereocenters. The molecule has 0 radical (unpaired) electrons. The third-order valence-electron chi connectivity index (χ3n) is 3.75. The minimum Gasteiger partial charge on any atom is -0.357 e. The quantitative estimate of drug-likeness (QED) is 0.720. The Bertz CT molecular complexity index is 672. The van der Waals surface area contributed by atoms with Gasteiger partial charge in [-0.3, -0.25) is 4.79 Å².